The molecular weight excluding hydrogens is 266 g/mol. The molecule has 0 spiro atoms. The van der Waals surface area contributed by atoms with Gasteiger partial charge in [0.05, 0.1) is 10.6 Å². The van der Waals surface area contributed by atoms with E-state index < -0.39 is 10.0 Å². The summed E-state index contributed by atoms with van der Waals surface area (Å²) in [5.74, 6) is 0. The van der Waals surface area contributed by atoms with Crippen molar-refractivity contribution in [2.45, 2.75) is 31.2 Å². The summed E-state index contributed by atoms with van der Waals surface area (Å²) in [7, 11) is -3.52. The Balaban J connectivity index is 2.33. The fourth-order valence-corrected chi connectivity index (χ4v) is 2.86. The van der Waals surface area contributed by atoms with Crippen LogP contribution in [0, 0.1) is 0 Å². The number of nitrogens with zero attached hydrogens (tertiary/aromatic N) is 4. The molecule has 0 bridgehead atoms. The van der Waals surface area contributed by atoms with Gasteiger partial charge in [-0.05, 0) is 42.0 Å². The highest BCUT2D eigenvalue weighted by Crippen LogP contribution is 2.14. The minimum absolute atomic E-state index is 0.110. The molecule has 1 N–H and O–H groups in total. The minimum atomic E-state index is -3.52. The van der Waals surface area contributed by atoms with Crippen LogP contribution in [0.5, 0.6) is 0 Å². The first-order valence-electron chi connectivity index (χ1n) is 5.88. The Bertz CT molecular complexity index is 639. The maximum absolute atomic E-state index is 12.2. The van der Waals surface area contributed by atoms with Crippen LogP contribution in [0.25, 0.3) is 5.69 Å². The maximum atomic E-state index is 12.2. The topological polar surface area (TPSA) is 89.8 Å². The van der Waals surface area contributed by atoms with Crippen LogP contribution < -0.4 is 4.72 Å². The van der Waals surface area contributed by atoms with Crippen molar-refractivity contribution in [2.75, 3.05) is 0 Å². The summed E-state index contributed by atoms with van der Waals surface area (Å²) < 4.78 is 28.3. The highest BCUT2D eigenvalue weighted by Gasteiger charge is 2.17. The van der Waals surface area contributed by atoms with E-state index in [-0.39, 0.29) is 10.9 Å². The maximum Gasteiger partial charge on any atom is 0.240 e. The Morgan fingerprint density at radius 3 is 2.84 bits per heavy atom. The molecule has 0 saturated carbocycles. The van der Waals surface area contributed by atoms with E-state index in [9.17, 15) is 8.42 Å². The number of sulfonamides is 1. The third-order valence-corrected chi connectivity index (χ3v) is 4.30. The number of hydrogen-bond donors (Lipinski definition) is 1. The van der Waals surface area contributed by atoms with Crippen molar-refractivity contribution in [3.63, 3.8) is 0 Å². The van der Waals surface area contributed by atoms with Gasteiger partial charge in [-0.2, -0.15) is 0 Å². The number of benzene rings is 1. The average molecular weight is 281 g/mol. The summed E-state index contributed by atoms with van der Waals surface area (Å²) >= 11 is 0. The Kier molecular flexibility index (Phi) is 3.91. The lowest BCUT2D eigenvalue weighted by Gasteiger charge is -2.12. The molecule has 0 unspecified atom stereocenters. The van der Waals surface area contributed by atoms with Crippen LogP contribution in [-0.2, 0) is 10.0 Å². The molecule has 1 aromatic heterocycles. The first-order chi connectivity index (χ1) is 9.03. The molecule has 0 aliphatic heterocycles. The molecule has 0 saturated heterocycles. The smallest absolute Gasteiger partial charge is 0.208 e. The quantitative estimate of drug-likeness (QED) is 0.873. The molecule has 2 rings (SSSR count). The summed E-state index contributed by atoms with van der Waals surface area (Å²) in [5.41, 5.74) is 0.594. The third kappa shape index (κ3) is 3.15. The van der Waals surface area contributed by atoms with Gasteiger partial charge in [-0.1, -0.05) is 13.0 Å². The Morgan fingerprint density at radius 1 is 1.42 bits per heavy atom. The lowest BCUT2D eigenvalue weighted by Crippen LogP contribution is -2.32. The van der Waals surface area contributed by atoms with E-state index in [1.165, 1.54) is 17.1 Å². The van der Waals surface area contributed by atoms with Gasteiger partial charge in [-0.3, -0.25) is 0 Å². The second-order valence-electron chi connectivity index (χ2n) is 4.18. The van der Waals surface area contributed by atoms with Crippen molar-refractivity contribution in [3.05, 3.63) is 30.6 Å². The van der Waals surface area contributed by atoms with Crippen LogP contribution >= 0.6 is 0 Å². The summed E-state index contributed by atoms with van der Waals surface area (Å²) in [6, 6.07) is 6.35. The molecule has 0 amide bonds. The average Bonchev–Trinajstić information content (AvgIpc) is 2.92. The van der Waals surface area contributed by atoms with Gasteiger partial charge in [0.2, 0.25) is 10.0 Å². The summed E-state index contributed by atoms with van der Waals surface area (Å²) in [4.78, 5) is 0.195. The van der Waals surface area contributed by atoms with Crippen molar-refractivity contribution in [1.29, 1.82) is 0 Å². The lowest BCUT2D eigenvalue weighted by molar-refractivity contribution is 0.555. The Labute approximate surface area is 111 Å². The van der Waals surface area contributed by atoms with Gasteiger partial charge in [-0.25, -0.2) is 17.8 Å². The van der Waals surface area contributed by atoms with E-state index in [4.69, 9.17) is 0 Å². The van der Waals surface area contributed by atoms with Crippen LogP contribution in [-0.4, -0.2) is 34.7 Å². The summed E-state index contributed by atoms with van der Waals surface area (Å²) in [6.45, 7) is 3.74. The number of aromatic nitrogens is 4. The van der Waals surface area contributed by atoms with Crippen LogP contribution in [0.4, 0.5) is 0 Å². The fourth-order valence-electron chi connectivity index (χ4n) is 1.49. The third-order valence-electron chi connectivity index (χ3n) is 2.71. The largest absolute Gasteiger partial charge is 0.240 e. The SMILES string of the molecule is CC[C@H](C)NS(=O)(=O)c1cccc(-n2cnnn2)c1. The second kappa shape index (κ2) is 5.45. The van der Waals surface area contributed by atoms with Gasteiger partial charge < -0.3 is 0 Å². The normalized spacial score (nSPS) is 13.4. The predicted octanol–water partition coefficient (Wildman–Crippen LogP) is 0.739. The Morgan fingerprint density at radius 2 is 2.21 bits per heavy atom. The zero-order valence-corrected chi connectivity index (χ0v) is 11.5. The van der Waals surface area contributed by atoms with Gasteiger partial charge >= 0.3 is 0 Å². The van der Waals surface area contributed by atoms with Gasteiger partial charge in [0.1, 0.15) is 6.33 Å². The summed E-state index contributed by atoms with van der Waals surface area (Å²) in [5, 5.41) is 10.8. The van der Waals surface area contributed by atoms with Gasteiger partial charge in [0.25, 0.3) is 0 Å². The van der Waals surface area contributed by atoms with E-state index in [2.05, 4.69) is 20.2 Å². The van der Waals surface area contributed by atoms with E-state index in [1.54, 1.807) is 18.2 Å². The first-order valence-corrected chi connectivity index (χ1v) is 7.37. The highest BCUT2D eigenvalue weighted by molar-refractivity contribution is 7.89. The molecule has 102 valence electrons. The molecule has 8 heteroatoms. The van der Waals surface area contributed by atoms with Gasteiger partial charge in [0.15, 0.2) is 0 Å². The number of hydrogen-bond acceptors (Lipinski definition) is 5. The van der Waals surface area contributed by atoms with E-state index in [0.717, 1.165) is 6.42 Å². The number of nitrogens with one attached hydrogen (secondary N) is 1. The number of rotatable bonds is 5. The molecule has 19 heavy (non-hydrogen) atoms. The predicted molar refractivity (Wildman–Crippen MR) is 69.2 cm³/mol. The molecule has 1 aromatic carbocycles. The monoisotopic (exact) mass is 281 g/mol. The van der Waals surface area contributed by atoms with Crippen molar-refractivity contribution in [2.24, 2.45) is 0 Å². The summed E-state index contributed by atoms with van der Waals surface area (Å²) in [6.07, 6.45) is 2.14. The molecular formula is C11H15N5O2S. The molecule has 0 aliphatic carbocycles. The molecule has 0 radical (unpaired) electrons. The van der Waals surface area contributed by atoms with Crippen LogP contribution in [0.3, 0.4) is 0 Å². The van der Waals surface area contributed by atoms with Crippen molar-refractivity contribution >= 4 is 10.0 Å². The van der Waals surface area contributed by atoms with E-state index >= 15 is 0 Å². The van der Waals surface area contributed by atoms with Crippen molar-refractivity contribution in [1.82, 2.24) is 24.9 Å². The molecule has 0 aliphatic rings. The van der Waals surface area contributed by atoms with E-state index in [1.807, 2.05) is 13.8 Å². The molecule has 1 atom stereocenters. The molecule has 7 nitrogen and oxygen atoms in total. The lowest BCUT2D eigenvalue weighted by atomic mass is 10.3. The molecule has 2 aromatic rings. The minimum Gasteiger partial charge on any atom is -0.208 e. The van der Waals surface area contributed by atoms with E-state index in [0.29, 0.717) is 5.69 Å². The fraction of sp³-hybridized carbons (Fsp3) is 0.364. The molecule has 0 fully saturated rings. The zero-order valence-electron chi connectivity index (χ0n) is 10.7. The first kappa shape index (κ1) is 13.6. The van der Waals surface area contributed by atoms with Crippen LogP contribution in [0.1, 0.15) is 20.3 Å². The highest BCUT2D eigenvalue weighted by atomic mass is 32.2. The van der Waals surface area contributed by atoms with Gasteiger partial charge in [0, 0.05) is 6.04 Å². The Hall–Kier alpha value is -1.80. The standard InChI is InChI=1S/C11H15N5O2S/c1-3-9(2)13-19(17,18)11-6-4-5-10(7-11)16-8-12-14-15-16/h4-9,13H,3H2,1-2H3/t9-/m0/s1. The van der Waals surface area contributed by atoms with Gasteiger partial charge in [-0.15, -0.1) is 5.10 Å². The second-order valence-corrected chi connectivity index (χ2v) is 5.90. The van der Waals surface area contributed by atoms with Crippen molar-refractivity contribution < 1.29 is 8.42 Å². The van der Waals surface area contributed by atoms with Crippen molar-refractivity contribution in [3.8, 4) is 5.69 Å². The van der Waals surface area contributed by atoms with Crippen LogP contribution in [0.15, 0.2) is 35.5 Å². The zero-order chi connectivity index (χ0) is 13.9. The molecule has 1 heterocycles. The number of tetrazole rings is 1. The van der Waals surface area contributed by atoms with Crippen LogP contribution in [0.2, 0.25) is 0 Å².